The Morgan fingerprint density at radius 3 is 2.92 bits per heavy atom. The quantitative estimate of drug-likeness (QED) is 0.394. The van der Waals surface area contributed by atoms with Crippen LogP contribution in [-0.2, 0) is 9.47 Å². The molecule has 74 valence electrons. The molecule has 0 bridgehead atoms. The Kier molecular flexibility index (Phi) is 3.50. The van der Waals surface area contributed by atoms with Gasteiger partial charge in [0.1, 0.15) is 0 Å². The maximum Gasteiger partial charge on any atom is 0.157 e. The first-order chi connectivity index (χ1) is 6.19. The molecule has 0 aliphatic carbocycles. The Balaban J connectivity index is 2.71. The van der Waals surface area contributed by atoms with Crippen molar-refractivity contribution in [2.24, 2.45) is 5.11 Å². The van der Waals surface area contributed by atoms with Crippen LogP contribution < -0.4 is 0 Å². The third-order valence-electron chi connectivity index (χ3n) is 2.16. The van der Waals surface area contributed by atoms with Gasteiger partial charge < -0.3 is 14.6 Å². The highest BCUT2D eigenvalue weighted by molar-refractivity contribution is 4.87. The molecule has 0 spiro atoms. The van der Waals surface area contributed by atoms with Crippen molar-refractivity contribution in [1.82, 2.24) is 0 Å². The van der Waals surface area contributed by atoms with Gasteiger partial charge in [-0.1, -0.05) is 5.11 Å². The van der Waals surface area contributed by atoms with Crippen LogP contribution in [0.15, 0.2) is 5.11 Å². The third-order valence-corrected chi connectivity index (χ3v) is 2.16. The third kappa shape index (κ3) is 2.32. The number of ether oxygens (including phenoxy) is 2. The summed E-state index contributed by atoms with van der Waals surface area (Å²) in [6.45, 7) is 1.74. The van der Waals surface area contributed by atoms with E-state index >= 15 is 0 Å². The molecule has 0 saturated carbocycles. The van der Waals surface area contributed by atoms with E-state index < -0.39 is 6.29 Å². The van der Waals surface area contributed by atoms with E-state index in [1.807, 2.05) is 0 Å². The summed E-state index contributed by atoms with van der Waals surface area (Å²) in [5.41, 5.74) is 8.30. The molecule has 0 aromatic carbocycles. The number of aliphatic hydroxyl groups excluding tert-OH is 1. The van der Waals surface area contributed by atoms with Crippen LogP contribution in [0, 0.1) is 0 Å². The predicted octanol–water partition coefficient (Wildman–Crippen LogP) is 0.807. The molecule has 1 saturated heterocycles. The molecule has 0 radical (unpaired) electrons. The molecule has 1 heterocycles. The van der Waals surface area contributed by atoms with E-state index in [1.54, 1.807) is 6.92 Å². The second kappa shape index (κ2) is 4.43. The van der Waals surface area contributed by atoms with E-state index in [-0.39, 0.29) is 18.2 Å². The summed E-state index contributed by atoms with van der Waals surface area (Å²) >= 11 is 0. The van der Waals surface area contributed by atoms with Crippen LogP contribution in [0.3, 0.4) is 0 Å². The first-order valence-corrected chi connectivity index (χ1v) is 4.09. The highest BCUT2D eigenvalue weighted by Gasteiger charge is 2.35. The summed E-state index contributed by atoms with van der Waals surface area (Å²) < 4.78 is 10.2. The van der Waals surface area contributed by atoms with E-state index in [2.05, 4.69) is 10.0 Å². The van der Waals surface area contributed by atoms with Gasteiger partial charge in [-0.15, -0.1) is 0 Å². The minimum absolute atomic E-state index is 0.269. The molecule has 1 rings (SSSR count). The maximum atomic E-state index is 9.23. The van der Waals surface area contributed by atoms with Crippen molar-refractivity contribution >= 4 is 0 Å². The Labute approximate surface area is 76.1 Å². The van der Waals surface area contributed by atoms with Crippen molar-refractivity contribution < 1.29 is 14.6 Å². The van der Waals surface area contributed by atoms with Crippen LogP contribution in [0.4, 0.5) is 0 Å². The fourth-order valence-electron chi connectivity index (χ4n) is 1.49. The van der Waals surface area contributed by atoms with Gasteiger partial charge in [-0.3, -0.25) is 0 Å². The Morgan fingerprint density at radius 1 is 1.69 bits per heavy atom. The Morgan fingerprint density at radius 2 is 2.38 bits per heavy atom. The second-order valence-corrected chi connectivity index (χ2v) is 3.00. The second-order valence-electron chi connectivity index (χ2n) is 3.00. The minimum Gasteiger partial charge on any atom is -0.381 e. The van der Waals surface area contributed by atoms with Crippen LogP contribution in [-0.4, -0.2) is 36.8 Å². The number of aliphatic hydroxyl groups is 1. The summed E-state index contributed by atoms with van der Waals surface area (Å²) in [7, 11) is 1.52. The zero-order valence-electron chi connectivity index (χ0n) is 7.62. The number of rotatable bonds is 2. The summed E-state index contributed by atoms with van der Waals surface area (Å²) in [6.07, 6.45) is -1.07. The van der Waals surface area contributed by atoms with Gasteiger partial charge in [-0.2, -0.15) is 0 Å². The maximum absolute atomic E-state index is 9.23. The number of methoxy groups -OCH3 is 1. The molecule has 4 unspecified atom stereocenters. The summed E-state index contributed by atoms with van der Waals surface area (Å²) in [5.74, 6) is 0. The Hall–Kier alpha value is -0.810. The molecule has 4 atom stereocenters. The summed E-state index contributed by atoms with van der Waals surface area (Å²) in [4.78, 5) is 2.72. The first-order valence-electron chi connectivity index (χ1n) is 4.09. The van der Waals surface area contributed by atoms with Crippen molar-refractivity contribution in [3.05, 3.63) is 10.4 Å². The number of azide groups is 1. The van der Waals surface area contributed by atoms with Crippen molar-refractivity contribution in [3.8, 4) is 0 Å². The van der Waals surface area contributed by atoms with E-state index in [0.29, 0.717) is 6.42 Å². The van der Waals surface area contributed by atoms with Gasteiger partial charge >= 0.3 is 0 Å². The van der Waals surface area contributed by atoms with Crippen molar-refractivity contribution in [3.63, 3.8) is 0 Å². The predicted molar refractivity (Wildman–Crippen MR) is 44.9 cm³/mol. The van der Waals surface area contributed by atoms with Gasteiger partial charge in [0.25, 0.3) is 0 Å². The minimum atomic E-state index is -0.829. The molecule has 6 heteroatoms. The molecule has 1 fully saturated rings. The van der Waals surface area contributed by atoms with Crippen LogP contribution in [0.2, 0.25) is 0 Å². The monoisotopic (exact) mass is 187 g/mol. The Bertz CT molecular complexity index is 217. The van der Waals surface area contributed by atoms with Crippen LogP contribution in [0.1, 0.15) is 13.3 Å². The fraction of sp³-hybridized carbons (Fsp3) is 1.00. The van der Waals surface area contributed by atoms with Gasteiger partial charge in [0.15, 0.2) is 6.29 Å². The molecular formula is C7H13N3O3. The van der Waals surface area contributed by atoms with Gasteiger partial charge in [0.2, 0.25) is 0 Å². The molecule has 1 aliphatic heterocycles. The highest BCUT2D eigenvalue weighted by atomic mass is 16.6. The van der Waals surface area contributed by atoms with E-state index in [0.717, 1.165) is 0 Å². The molecule has 0 aromatic rings. The average Bonchev–Trinajstić information content (AvgIpc) is 2.09. The number of hydrogen-bond acceptors (Lipinski definition) is 4. The number of nitrogens with zero attached hydrogens (tertiary/aromatic N) is 3. The lowest BCUT2D eigenvalue weighted by molar-refractivity contribution is -0.196. The van der Waals surface area contributed by atoms with E-state index in [9.17, 15) is 5.11 Å². The van der Waals surface area contributed by atoms with Crippen molar-refractivity contribution in [2.45, 2.75) is 37.9 Å². The van der Waals surface area contributed by atoms with Crippen LogP contribution in [0.25, 0.3) is 10.4 Å². The van der Waals surface area contributed by atoms with Crippen LogP contribution >= 0.6 is 0 Å². The van der Waals surface area contributed by atoms with Gasteiger partial charge in [-0.05, 0) is 12.5 Å². The molecule has 6 nitrogen and oxygen atoms in total. The summed E-state index contributed by atoms with van der Waals surface area (Å²) in [5, 5.41) is 12.8. The molecule has 1 N–H and O–H groups in total. The SMILES string of the molecule is COC1CC(O)OC(C)C1N=[N+]=[N-]. The lowest BCUT2D eigenvalue weighted by atomic mass is 10.0. The van der Waals surface area contributed by atoms with Crippen molar-refractivity contribution in [2.75, 3.05) is 7.11 Å². The fourth-order valence-corrected chi connectivity index (χ4v) is 1.49. The smallest absolute Gasteiger partial charge is 0.157 e. The van der Waals surface area contributed by atoms with E-state index in [4.69, 9.17) is 15.0 Å². The van der Waals surface area contributed by atoms with E-state index in [1.165, 1.54) is 7.11 Å². The highest BCUT2D eigenvalue weighted by Crippen LogP contribution is 2.23. The molecule has 0 aromatic heterocycles. The lowest BCUT2D eigenvalue weighted by Gasteiger charge is -2.35. The molecule has 13 heavy (non-hydrogen) atoms. The molecule has 0 amide bonds. The summed E-state index contributed by atoms with van der Waals surface area (Å²) in [6, 6.07) is -0.363. The zero-order chi connectivity index (χ0) is 9.84. The van der Waals surface area contributed by atoms with Crippen molar-refractivity contribution in [1.29, 1.82) is 0 Å². The molecular weight excluding hydrogens is 174 g/mol. The largest absolute Gasteiger partial charge is 0.381 e. The number of hydrogen-bond donors (Lipinski definition) is 1. The van der Waals surface area contributed by atoms with Crippen LogP contribution in [0.5, 0.6) is 0 Å². The lowest BCUT2D eigenvalue weighted by Crippen LogP contribution is -2.46. The first kappa shape index (κ1) is 10.3. The normalized spacial score (nSPS) is 39.6. The molecule has 1 aliphatic rings. The van der Waals surface area contributed by atoms with Gasteiger partial charge in [0.05, 0.1) is 18.2 Å². The van der Waals surface area contributed by atoms with Gasteiger partial charge in [-0.25, -0.2) is 0 Å². The average molecular weight is 187 g/mol. The standard InChI is InChI=1S/C7H13N3O3/c1-4-7(9-10-8)5(12-2)3-6(11)13-4/h4-7,11H,3H2,1-2H3. The zero-order valence-corrected chi connectivity index (χ0v) is 7.62. The van der Waals surface area contributed by atoms with Gasteiger partial charge in [0, 0.05) is 18.4 Å². The topological polar surface area (TPSA) is 87.5 Å².